The molecule has 4 rings (SSSR count). The van der Waals surface area contributed by atoms with Crippen LogP contribution < -0.4 is 5.32 Å². The average Bonchev–Trinajstić information content (AvgIpc) is 3.41. The molecule has 4 aromatic rings. The zero-order valence-corrected chi connectivity index (χ0v) is 14.7. The van der Waals surface area contributed by atoms with E-state index in [1.165, 1.54) is 11.0 Å². The third-order valence-corrected chi connectivity index (χ3v) is 4.25. The van der Waals surface area contributed by atoms with Crippen LogP contribution in [-0.2, 0) is 0 Å². The summed E-state index contributed by atoms with van der Waals surface area (Å²) in [6.45, 7) is 1.94. The zero-order chi connectivity index (χ0) is 18.6. The Hall–Kier alpha value is -3.74. The minimum atomic E-state index is -0.261. The minimum absolute atomic E-state index is 0.156. The maximum absolute atomic E-state index is 12.5. The topological polar surface area (TPSA) is 77.6 Å². The number of aromatic nitrogens is 5. The Morgan fingerprint density at radius 2 is 1.81 bits per heavy atom. The molecule has 0 fully saturated rings. The number of imidazole rings is 1. The highest BCUT2D eigenvalue weighted by Gasteiger charge is 2.15. The van der Waals surface area contributed by atoms with Crippen LogP contribution in [0.5, 0.6) is 0 Å². The van der Waals surface area contributed by atoms with Gasteiger partial charge >= 0.3 is 0 Å². The number of carbonyl (C=O) groups is 1. The van der Waals surface area contributed by atoms with Crippen molar-refractivity contribution in [2.45, 2.75) is 13.0 Å². The lowest BCUT2D eigenvalue weighted by molar-refractivity contribution is 0.0934. The van der Waals surface area contributed by atoms with Gasteiger partial charge in [0.15, 0.2) is 5.69 Å². The van der Waals surface area contributed by atoms with Crippen molar-refractivity contribution in [3.63, 3.8) is 0 Å². The summed E-state index contributed by atoms with van der Waals surface area (Å²) >= 11 is 0. The Labute approximate surface area is 156 Å². The summed E-state index contributed by atoms with van der Waals surface area (Å²) in [6, 6.07) is 17.3. The smallest absolute Gasteiger partial charge is 0.273 e. The standard InChI is InChI=1S/C20H18N6O/c1-15(16-7-9-17(10-8-16)25-12-11-21-14-25)23-20(27)19-13-22-26(24-19)18-5-3-2-4-6-18/h2-15H,1H3,(H,23,27)/t15-/m1/s1. The Morgan fingerprint density at radius 1 is 1.04 bits per heavy atom. The fourth-order valence-corrected chi connectivity index (χ4v) is 2.75. The minimum Gasteiger partial charge on any atom is -0.344 e. The molecule has 134 valence electrons. The second-order valence-corrected chi connectivity index (χ2v) is 6.11. The third kappa shape index (κ3) is 3.62. The number of nitrogens with zero attached hydrogens (tertiary/aromatic N) is 5. The van der Waals surface area contributed by atoms with Crippen LogP contribution in [0.25, 0.3) is 11.4 Å². The molecule has 0 radical (unpaired) electrons. The lowest BCUT2D eigenvalue weighted by atomic mass is 10.1. The van der Waals surface area contributed by atoms with Crippen molar-refractivity contribution < 1.29 is 4.79 Å². The highest BCUT2D eigenvalue weighted by Crippen LogP contribution is 2.16. The quantitative estimate of drug-likeness (QED) is 0.595. The van der Waals surface area contributed by atoms with E-state index < -0.39 is 0 Å². The van der Waals surface area contributed by atoms with Gasteiger partial charge in [-0.15, -0.1) is 5.10 Å². The molecule has 0 spiro atoms. The molecule has 2 heterocycles. The molecule has 0 bridgehead atoms. The molecule has 0 saturated heterocycles. The second kappa shape index (κ2) is 7.25. The first kappa shape index (κ1) is 16.7. The van der Waals surface area contributed by atoms with Crippen LogP contribution in [0.3, 0.4) is 0 Å². The van der Waals surface area contributed by atoms with Crippen molar-refractivity contribution in [1.82, 2.24) is 29.9 Å². The summed E-state index contributed by atoms with van der Waals surface area (Å²) in [5, 5.41) is 11.4. The van der Waals surface area contributed by atoms with Crippen molar-refractivity contribution in [2.24, 2.45) is 0 Å². The molecule has 1 N–H and O–H groups in total. The molecule has 0 aliphatic heterocycles. The number of benzene rings is 2. The summed E-state index contributed by atoms with van der Waals surface area (Å²) in [5.74, 6) is -0.261. The van der Waals surface area contributed by atoms with Crippen molar-refractivity contribution >= 4 is 5.91 Å². The van der Waals surface area contributed by atoms with Crippen molar-refractivity contribution in [1.29, 1.82) is 0 Å². The van der Waals surface area contributed by atoms with E-state index in [-0.39, 0.29) is 17.6 Å². The van der Waals surface area contributed by atoms with Gasteiger partial charge in [0.25, 0.3) is 5.91 Å². The fourth-order valence-electron chi connectivity index (χ4n) is 2.75. The van der Waals surface area contributed by atoms with Crippen LogP contribution in [-0.4, -0.2) is 30.5 Å². The summed E-state index contributed by atoms with van der Waals surface area (Å²) in [5.41, 5.74) is 3.10. The third-order valence-electron chi connectivity index (χ3n) is 4.25. The van der Waals surface area contributed by atoms with Gasteiger partial charge in [0.2, 0.25) is 0 Å². The zero-order valence-electron chi connectivity index (χ0n) is 14.7. The molecule has 7 heteroatoms. The number of carbonyl (C=O) groups excluding carboxylic acids is 1. The predicted octanol–water partition coefficient (Wildman–Crippen LogP) is 2.94. The Kier molecular flexibility index (Phi) is 4.49. The summed E-state index contributed by atoms with van der Waals surface area (Å²) in [6.07, 6.45) is 6.84. The van der Waals surface area contributed by atoms with Crippen LogP contribution in [0.15, 0.2) is 79.5 Å². The van der Waals surface area contributed by atoms with E-state index in [1.807, 2.05) is 72.3 Å². The molecule has 2 aromatic carbocycles. The predicted molar refractivity (Wildman–Crippen MR) is 101 cm³/mol. The molecule has 0 unspecified atom stereocenters. The van der Waals surface area contributed by atoms with E-state index >= 15 is 0 Å². The Balaban J connectivity index is 1.44. The van der Waals surface area contributed by atoms with Crippen molar-refractivity contribution in [2.75, 3.05) is 0 Å². The number of rotatable bonds is 5. The molecule has 1 atom stereocenters. The molecule has 7 nitrogen and oxygen atoms in total. The first-order valence-electron chi connectivity index (χ1n) is 8.57. The van der Waals surface area contributed by atoms with Gasteiger partial charge in [-0.25, -0.2) is 4.98 Å². The normalized spacial score (nSPS) is 11.9. The van der Waals surface area contributed by atoms with Crippen LogP contribution in [0.1, 0.15) is 29.0 Å². The molecule has 0 aliphatic rings. The molecular formula is C20H18N6O. The van der Waals surface area contributed by atoms with Crippen molar-refractivity contribution in [3.8, 4) is 11.4 Å². The average molecular weight is 358 g/mol. The van der Waals surface area contributed by atoms with Crippen LogP contribution >= 0.6 is 0 Å². The molecule has 0 saturated carbocycles. The molecule has 2 aromatic heterocycles. The fraction of sp³-hybridized carbons (Fsp3) is 0.100. The SMILES string of the molecule is C[C@@H](NC(=O)c1cnn(-c2ccccc2)n1)c1ccc(-n2ccnc2)cc1. The lowest BCUT2D eigenvalue weighted by Gasteiger charge is -2.14. The summed E-state index contributed by atoms with van der Waals surface area (Å²) < 4.78 is 1.93. The number of hydrogen-bond acceptors (Lipinski definition) is 4. The van der Waals surface area contributed by atoms with E-state index in [9.17, 15) is 4.79 Å². The largest absolute Gasteiger partial charge is 0.344 e. The maximum atomic E-state index is 12.5. The van der Waals surface area contributed by atoms with E-state index in [0.717, 1.165) is 16.9 Å². The highest BCUT2D eigenvalue weighted by atomic mass is 16.2. The van der Waals surface area contributed by atoms with Gasteiger partial charge in [-0.2, -0.15) is 9.90 Å². The first-order chi connectivity index (χ1) is 13.2. The number of nitrogens with one attached hydrogen (secondary N) is 1. The van der Waals surface area contributed by atoms with Gasteiger partial charge in [0.05, 0.1) is 24.3 Å². The van der Waals surface area contributed by atoms with E-state index in [1.54, 1.807) is 12.5 Å². The Bertz CT molecular complexity index is 1020. The van der Waals surface area contributed by atoms with Gasteiger partial charge in [0, 0.05) is 18.1 Å². The van der Waals surface area contributed by atoms with Crippen LogP contribution in [0.4, 0.5) is 0 Å². The van der Waals surface area contributed by atoms with Gasteiger partial charge in [-0.05, 0) is 36.8 Å². The summed E-state index contributed by atoms with van der Waals surface area (Å²) in [7, 11) is 0. The summed E-state index contributed by atoms with van der Waals surface area (Å²) in [4.78, 5) is 18.0. The van der Waals surface area contributed by atoms with Gasteiger partial charge < -0.3 is 9.88 Å². The lowest BCUT2D eigenvalue weighted by Crippen LogP contribution is -2.27. The monoisotopic (exact) mass is 358 g/mol. The van der Waals surface area contributed by atoms with E-state index in [2.05, 4.69) is 20.5 Å². The maximum Gasteiger partial charge on any atom is 0.273 e. The second-order valence-electron chi connectivity index (χ2n) is 6.11. The van der Waals surface area contributed by atoms with E-state index in [0.29, 0.717) is 0 Å². The van der Waals surface area contributed by atoms with Gasteiger partial charge in [-0.1, -0.05) is 30.3 Å². The number of amides is 1. The van der Waals surface area contributed by atoms with Gasteiger partial charge in [0.1, 0.15) is 0 Å². The number of hydrogen-bond donors (Lipinski definition) is 1. The molecule has 27 heavy (non-hydrogen) atoms. The van der Waals surface area contributed by atoms with Crippen LogP contribution in [0.2, 0.25) is 0 Å². The molecule has 0 aliphatic carbocycles. The van der Waals surface area contributed by atoms with Crippen LogP contribution in [0, 0.1) is 0 Å². The molecular weight excluding hydrogens is 340 g/mol. The van der Waals surface area contributed by atoms with E-state index in [4.69, 9.17) is 0 Å². The first-order valence-corrected chi connectivity index (χ1v) is 8.57. The highest BCUT2D eigenvalue weighted by molar-refractivity contribution is 5.92. The van der Waals surface area contributed by atoms with Gasteiger partial charge in [-0.3, -0.25) is 4.79 Å². The molecule has 1 amide bonds. The Morgan fingerprint density at radius 3 is 2.52 bits per heavy atom. The number of para-hydroxylation sites is 1. The van der Waals surface area contributed by atoms with Crippen molar-refractivity contribution in [3.05, 3.63) is 90.8 Å².